The zero-order chi connectivity index (χ0) is 13.0. The van der Waals surface area contributed by atoms with E-state index in [1.54, 1.807) is 0 Å². The number of amides is 1. The molecule has 0 aliphatic heterocycles. The molecule has 0 unspecified atom stereocenters. The van der Waals surface area contributed by atoms with Gasteiger partial charge >= 0.3 is 0 Å². The van der Waals surface area contributed by atoms with Crippen molar-refractivity contribution in [2.24, 2.45) is 12.0 Å². The first-order valence-electron chi connectivity index (χ1n) is 5.52. The van der Waals surface area contributed by atoms with Crippen molar-refractivity contribution in [2.75, 3.05) is 5.75 Å². The Hall–Kier alpha value is -1.33. The number of thiazole rings is 1. The fraction of sp³-hybridized carbons (Fsp3) is 0.231. The van der Waals surface area contributed by atoms with Crippen molar-refractivity contribution in [3.63, 3.8) is 0 Å². The average Bonchev–Trinajstić information content (AvgIpc) is 2.74. The van der Waals surface area contributed by atoms with Crippen molar-refractivity contribution in [1.29, 1.82) is 0 Å². The van der Waals surface area contributed by atoms with Crippen LogP contribution in [0.1, 0.15) is 5.56 Å². The lowest BCUT2D eigenvalue weighted by Crippen LogP contribution is -2.13. The maximum Gasteiger partial charge on any atom is 0.258 e. The van der Waals surface area contributed by atoms with Crippen molar-refractivity contribution in [3.05, 3.63) is 46.2 Å². The maximum atomic E-state index is 11.7. The molecule has 0 atom stereocenters. The molecule has 18 heavy (non-hydrogen) atoms. The van der Waals surface area contributed by atoms with Gasteiger partial charge in [-0.15, -0.1) is 23.1 Å². The molecule has 1 heterocycles. The molecule has 0 aliphatic rings. The number of thioether (sulfide) groups is 1. The van der Waals surface area contributed by atoms with E-state index >= 15 is 0 Å². The normalized spacial score (nSPS) is 11.8. The van der Waals surface area contributed by atoms with Crippen molar-refractivity contribution in [2.45, 2.75) is 11.8 Å². The number of carbonyl (C=O) groups is 1. The highest BCUT2D eigenvalue weighted by molar-refractivity contribution is 8.00. The molecule has 0 radical (unpaired) electrons. The van der Waals surface area contributed by atoms with Crippen LogP contribution >= 0.6 is 23.1 Å². The minimum atomic E-state index is -0.0985. The summed E-state index contributed by atoms with van der Waals surface area (Å²) in [5, 5.41) is 1.92. The summed E-state index contributed by atoms with van der Waals surface area (Å²) in [5.74, 6) is 0.277. The molecule has 1 aromatic heterocycles. The number of hydrogen-bond donors (Lipinski definition) is 0. The van der Waals surface area contributed by atoms with Crippen LogP contribution in [0.4, 0.5) is 0 Å². The first-order chi connectivity index (χ1) is 8.65. The fourth-order valence-electron chi connectivity index (χ4n) is 1.35. The van der Waals surface area contributed by atoms with Crippen LogP contribution < -0.4 is 4.80 Å². The smallest absolute Gasteiger partial charge is 0.258 e. The van der Waals surface area contributed by atoms with Gasteiger partial charge in [-0.3, -0.25) is 4.79 Å². The number of aromatic nitrogens is 1. The molecule has 2 aromatic rings. The Kier molecular flexibility index (Phi) is 4.38. The molecular weight excluding hydrogens is 264 g/mol. The molecule has 0 fully saturated rings. The standard InChI is InChI=1S/C13H14N2OS2/c1-10-3-5-11(6-4-10)18-9-12(16)14-13-15(2)7-8-17-13/h3-8H,9H2,1-2H3. The van der Waals surface area contributed by atoms with Gasteiger partial charge in [0.25, 0.3) is 5.91 Å². The van der Waals surface area contributed by atoms with Gasteiger partial charge in [0, 0.05) is 23.5 Å². The van der Waals surface area contributed by atoms with Gasteiger partial charge in [0.15, 0.2) is 4.80 Å². The van der Waals surface area contributed by atoms with Gasteiger partial charge in [-0.25, -0.2) is 0 Å². The minimum Gasteiger partial charge on any atom is -0.327 e. The van der Waals surface area contributed by atoms with Crippen LogP contribution in [0.3, 0.4) is 0 Å². The van der Waals surface area contributed by atoms with E-state index in [9.17, 15) is 4.79 Å². The SMILES string of the molecule is Cc1ccc(SCC(=O)N=c2sccn2C)cc1. The number of rotatable bonds is 3. The third kappa shape index (κ3) is 3.58. The second-order valence-electron chi connectivity index (χ2n) is 3.90. The lowest BCUT2D eigenvalue weighted by molar-refractivity contribution is -0.115. The van der Waals surface area contributed by atoms with Crippen LogP contribution in [0.25, 0.3) is 0 Å². The Bertz CT molecular complexity index is 596. The quantitative estimate of drug-likeness (QED) is 0.809. The first-order valence-corrected chi connectivity index (χ1v) is 7.39. The summed E-state index contributed by atoms with van der Waals surface area (Å²) >= 11 is 2.98. The number of carbonyl (C=O) groups excluding carboxylic acids is 1. The molecule has 0 bridgehead atoms. The fourth-order valence-corrected chi connectivity index (χ4v) is 2.78. The molecule has 5 heteroatoms. The van der Waals surface area contributed by atoms with E-state index < -0.39 is 0 Å². The summed E-state index contributed by atoms with van der Waals surface area (Å²) in [5.41, 5.74) is 1.22. The topological polar surface area (TPSA) is 34.4 Å². The molecule has 0 saturated heterocycles. The second kappa shape index (κ2) is 6.02. The zero-order valence-electron chi connectivity index (χ0n) is 10.3. The van der Waals surface area contributed by atoms with E-state index in [0.29, 0.717) is 5.75 Å². The van der Waals surface area contributed by atoms with E-state index in [2.05, 4.69) is 4.99 Å². The monoisotopic (exact) mass is 278 g/mol. The van der Waals surface area contributed by atoms with Crippen molar-refractivity contribution >= 4 is 29.0 Å². The predicted octanol–water partition coefficient (Wildman–Crippen LogP) is 2.61. The van der Waals surface area contributed by atoms with Crippen LogP contribution in [0.2, 0.25) is 0 Å². The lowest BCUT2D eigenvalue weighted by Gasteiger charge is -1.99. The summed E-state index contributed by atoms with van der Waals surface area (Å²) < 4.78 is 1.85. The number of benzene rings is 1. The minimum absolute atomic E-state index is 0.0985. The summed E-state index contributed by atoms with van der Waals surface area (Å²) in [7, 11) is 1.88. The zero-order valence-corrected chi connectivity index (χ0v) is 11.9. The number of aryl methyl sites for hydroxylation is 2. The Morgan fingerprint density at radius 1 is 1.39 bits per heavy atom. The third-order valence-corrected chi connectivity index (χ3v) is 4.21. The van der Waals surface area contributed by atoms with Gasteiger partial charge in [0.05, 0.1) is 5.75 Å². The summed E-state index contributed by atoms with van der Waals surface area (Å²) in [6.45, 7) is 2.05. The maximum absolute atomic E-state index is 11.7. The molecule has 94 valence electrons. The van der Waals surface area contributed by atoms with Crippen LogP contribution in [-0.4, -0.2) is 16.2 Å². The van der Waals surface area contributed by atoms with Gasteiger partial charge in [0.2, 0.25) is 0 Å². The molecule has 2 rings (SSSR count). The molecule has 0 N–H and O–H groups in total. The Labute approximate surface area is 114 Å². The predicted molar refractivity (Wildman–Crippen MR) is 75.8 cm³/mol. The van der Waals surface area contributed by atoms with E-state index in [4.69, 9.17) is 0 Å². The molecule has 3 nitrogen and oxygen atoms in total. The third-order valence-electron chi connectivity index (χ3n) is 2.36. The van der Waals surface area contributed by atoms with Gasteiger partial charge in [-0.05, 0) is 19.1 Å². The van der Waals surface area contributed by atoms with Crippen molar-refractivity contribution in [1.82, 2.24) is 4.57 Å². The molecular formula is C13H14N2OS2. The van der Waals surface area contributed by atoms with Gasteiger partial charge in [-0.2, -0.15) is 4.99 Å². The van der Waals surface area contributed by atoms with Crippen molar-refractivity contribution < 1.29 is 4.79 Å². The molecule has 0 saturated carbocycles. The molecule has 0 spiro atoms. The highest BCUT2D eigenvalue weighted by atomic mass is 32.2. The average molecular weight is 278 g/mol. The summed E-state index contributed by atoms with van der Waals surface area (Å²) in [6.07, 6.45) is 1.89. The molecule has 1 amide bonds. The van der Waals surface area contributed by atoms with E-state index in [0.717, 1.165) is 9.70 Å². The van der Waals surface area contributed by atoms with Gasteiger partial charge in [0.1, 0.15) is 0 Å². The van der Waals surface area contributed by atoms with Crippen LogP contribution in [-0.2, 0) is 11.8 Å². The number of hydrogen-bond acceptors (Lipinski definition) is 3. The van der Waals surface area contributed by atoms with Crippen LogP contribution in [0, 0.1) is 6.92 Å². The largest absolute Gasteiger partial charge is 0.327 e. The van der Waals surface area contributed by atoms with E-state index in [-0.39, 0.29) is 5.91 Å². The van der Waals surface area contributed by atoms with Crippen LogP contribution in [0.5, 0.6) is 0 Å². The van der Waals surface area contributed by atoms with E-state index in [1.807, 2.05) is 54.4 Å². The highest BCUT2D eigenvalue weighted by Crippen LogP contribution is 2.18. The molecule has 0 aliphatic carbocycles. The highest BCUT2D eigenvalue weighted by Gasteiger charge is 2.02. The number of nitrogens with zero attached hydrogens (tertiary/aromatic N) is 2. The van der Waals surface area contributed by atoms with Gasteiger partial charge < -0.3 is 4.57 Å². The summed E-state index contributed by atoms with van der Waals surface area (Å²) in [4.78, 5) is 17.6. The van der Waals surface area contributed by atoms with E-state index in [1.165, 1.54) is 28.7 Å². The summed E-state index contributed by atoms with van der Waals surface area (Å²) in [6, 6.07) is 8.14. The molecule has 1 aromatic carbocycles. The first kappa shape index (κ1) is 13.1. The van der Waals surface area contributed by atoms with Crippen molar-refractivity contribution in [3.8, 4) is 0 Å². The van der Waals surface area contributed by atoms with Crippen LogP contribution in [0.15, 0.2) is 45.7 Å². The Morgan fingerprint density at radius 2 is 2.11 bits per heavy atom. The van der Waals surface area contributed by atoms with Gasteiger partial charge in [-0.1, -0.05) is 17.7 Å². The Morgan fingerprint density at radius 3 is 2.72 bits per heavy atom. The lowest BCUT2D eigenvalue weighted by atomic mass is 10.2. The Balaban J connectivity index is 1.97. The second-order valence-corrected chi connectivity index (χ2v) is 5.83.